The lowest BCUT2D eigenvalue weighted by atomic mass is 10.4. The Bertz CT molecular complexity index is 428. The number of carbonyl (C=O) groups excluding carboxylic acids is 2. The van der Waals surface area contributed by atoms with Gasteiger partial charge < -0.3 is 14.3 Å². The molecule has 0 atom stereocenters. The topological polar surface area (TPSA) is 93.8 Å². The molecule has 0 aromatic carbocycles. The molecule has 1 heterocycles. The van der Waals surface area contributed by atoms with Crippen molar-refractivity contribution in [1.82, 2.24) is 0 Å². The van der Waals surface area contributed by atoms with E-state index in [1.165, 1.54) is 12.1 Å². The quantitative estimate of drug-likeness (QED) is 0.451. The van der Waals surface area contributed by atoms with Gasteiger partial charge >= 0.3 is 11.9 Å². The second-order valence-corrected chi connectivity index (χ2v) is 2.70. The van der Waals surface area contributed by atoms with Crippen molar-refractivity contribution in [1.29, 1.82) is 0 Å². The molecule has 0 bridgehead atoms. The van der Waals surface area contributed by atoms with Crippen LogP contribution in [0.1, 0.15) is 16.3 Å². The predicted molar refractivity (Wildman–Crippen MR) is 50.7 cm³/mol. The van der Waals surface area contributed by atoms with E-state index in [4.69, 9.17) is 9.52 Å². The van der Waals surface area contributed by atoms with Gasteiger partial charge in [-0.2, -0.15) is 0 Å². The zero-order chi connectivity index (χ0) is 12.0. The van der Waals surface area contributed by atoms with E-state index in [1.54, 1.807) is 0 Å². The third-order valence-electron chi connectivity index (χ3n) is 1.52. The van der Waals surface area contributed by atoms with Crippen molar-refractivity contribution in [3.05, 3.63) is 35.8 Å². The molecule has 0 radical (unpaired) electrons. The Hall–Kier alpha value is -2.37. The maximum absolute atomic E-state index is 10.9. The smallest absolute Gasteiger partial charge is 0.331 e. The van der Waals surface area contributed by atoms with Gasteiger partial charge in [-0.3, -0.25) is 4.79 Å². The van der Waals surface area contributed by atoms with Gasteiger partial charge in [0.1, 0.15) is 12.4 Å². The summed E-state index contributed by atoms with van der Waals surface area (Å²) in [5.74, 6) is -1.60. The molecule has 0 fully saturated rings. The van der Waals surface area contributed by atoms with Crippen LogP contribution >= 0.6 is 0 Å². The SMILES string of the molecule is O=Cc1ccc(COC(=O)/C=C\C(=O)O)o1. The molecule has 0 spiro atoms. The standard InChI is InChI=1S/C10H8O6/c11-5-7-1-2-8(16-7)6-15-10(14)4-3-9(12)13/h1-5H,6H2,(H,12,13)/b4-3-. The molecule has 84 valence electrons. The molecule has 1 aromatic rings. The number of hydrogen-bond acceptors (Lipinski definition) is 5. The van der Waals surface area contributed by atoms with Crippen LogP contribution in [0.5, 0.6) is 0 Å². The molecule has 0 aliphatic rings. The number of furan rings is 1. The summed E-state index contributed by atoms with van der Waals surface area (Å²) in [5.41, 5.74) is 0. The highest BCUT2D eigenvalue weighted by Crippen LogP contribution is 2.06. The molecule has 1 N–H and O–H groups in total. The van der Waals surface area contributed by atoms with Crippen molar-refractivity contribution >= 4 is 18.2 Å². The largest absolute Gasteiger partial charge is 0.478 e. The van der Waals surface area contributed by atoms with E-state index in [1.807, 2.05) is 0 Å². The van der Waals surface area contributed by atoms with Gasteiger partial charge in [-0.05, 0) is 12.1 Å². The number of hydrogen-bond donors (Lipinski definition) is 1. The van der Waals surface area contributed by atoms with Crippen LogP contribution in [0.25, 0.3) is 0 Å². The van der Waals surface area contributed by atoms with Crippen LogP contribution in [-0.4, -0.2) is 23.3 Å². The molecule has 0 saturated heterocycles. The van der Waals surface area contributed by atoms with Crippen LogP contribution in [0.15, 0.2) is 28.7 Å². The Kier molecular flexibility index (Phi) is 4.02. The van der Waals surface area contributed by atoms with E-state index in [9.17, 15) is 14.4 Å². The van der Waals surface area contributed by atoms with Gasteiger partial charge in [0.05, 0.1) is 0 Å². The monoisotopic (exact) mass is 224 g/mol. The molecule has 0 aliphatic heterocycles. The molecule has 0 aliphatic carbocycles. The van der Waals surface area contributed by atoms with Crippen molar-refractivity contribution in [2.24, 2.45) is 0 Å². The van der Waals surface area contributed by atoms with Gasteiger partial charge in [0.2, 0.25) is 0 Å². The Labute approximate surface area is 90.1 Å². The minimum Gasteiger partial charge on any atom is -0.478 e. The van der Waals surface area contributed by atoms with Gasteiger partial charge in [0.25, 0.3) is 0 Å². The van der Waals surface area contributed by atoms with Crippen LogP contribution in [0.4, 0.5) is 0 Å². The van der Waals surface area contributed by atoms with Crippen molar-refractivity contribution < 1.29 is 28.6 Å². The summed E-state index contributed by atoms with van der Waals surface area (Å²) in [6.07, 6.45) is 1.98. The molecule has 6 heteroatoms. The zero-order valence-electron chi connectivity index (χ0n) is 8.08. The molecule has 0 unspecified atom stereocenters. The van der Waals surface area contributed by atoms with Crippen molar-refractivity contribution in [2.75, 3.05) is 0 Å². The molecule has 6 nitrogen and oxygen atoms in total. The maximum Gasteiger partial charge on any atom is 0.331 e. The zero-order valence-corrected chi connectivity index (χ0v) is 8.08. The normalized spacial score (nSPS) is 10.2. The second kappa shape index (κ2) is 5.50. The first-order valence-electron chi connectivity index (χ1n) is 4.23. The first-order valence-corrected chi connectivity index (χ1v) is 4.23. The molecular formula is C10H8O6. The third kappa shape index (κ3) is 3.79. The number of esters is 1. The average Bonchev–Trinajstić information content (AvgIpc) is 2.71. The van der Waals surface area contributed by atoms with Gasteiger partial charge in [-0.15, -0.1) is 0 Å². The number of aldehydes is 1. The number of ether oxygens (including phenoxy) is 1. The Morgan fingerprint density at radius 3 is 2.69 bits per heavy atom. The summed E-state index contributed by atoms with van der Waals surface area (Å²) in [6, 6.07) is 2.92. The van der Waals surface area contributed by atoms with Crippen LogP contribution in [0.2, 0.25) is 0 Å². The van der Waals surface area contributed by atoms with Crippen molar-refractivity contribution in [3.8, 4) is 0 Å². The fourth-order valence-electron chi connectivity index (χ4n) is 0.865. The number of rotatable bonds is 5. The van der Waals surface area contributed by atoms with E-state index < -0.39 is 11.9 Å². The molecule has 1 aromatic heterocycles. The van der Waals surface area contributed by atoms with Crippen molar-refractivity contribution in [2.45, 2.75) is 6.61 Å². The van der Waals surface area contributed by atoms with Crippen molar-refractivity contribution in [3.63, 3.8) is 0 Å². The van der Waals surface area contributed by atoms with Crippen LogP contribution in [0.3, 0.4) is 0 Å². The van der Waals surface area contributed by atoms with Crippen LogP contribution < -0.4 is 0 Å². The lowest BCUT2D eigenvalue weighted by Gasteiger charge is -1.97. The lowest BCUT2D eigenvalue weighted by Crippen LogP contribution is -2.01. The van der Waals surface area contributed by atoms with E-state index in [0.29, 0.717) is 18.1 Å². The minimum absolute atomic E-state index is 0.132. The second-order valence-electron chi connectivity index (χ2n) is 2.70. The molecule has 16 heavy (non-hydrogen) atoms. The number of carbonyl (C=O) groups is 3. The number of carboxylic acid groups (broad SMARTS) is 1. The first-order chi connectivity index (χ1) is 7.61. The first kappa shape index (κ1) is 11.7. The van der Waals surface area contributed by atoms with E-state index >= 15 is 0 Å². The highest BCUT2D eigenvalue weighted by atomic mass is 16.5. The summed E-state index contributed by atoms with van der Waals surface area (Å²) >= 11 is 0. The van der Waals surface area contributed by atoms with Gasteiger partial charge in [-0.1, -0.05) is 0 Å². The minimum atomic E-state index is -1.24. The third-order valence-corrected chi connectivity index (χ3v) is 1.52. The Balaban J connectivity index is 2.42. The van der Waals surface area contributed by atoms with Gasteiger partial charge in [-0.25, -0.2) is 9.59 Å². The van der Waals surface area contributed by atoms with Gasteiger partial charge in [0.15, 0.2) is 12.0 Å². The Morgan fingerprint density at radius 2 is 2.12 bits per heavy atom. The summed E-state index contributed by atoms with van der Waals surface area (Å²) in [6.45, 7) is -0.156. The molecular weight excluding hydrogens is 216 g/mol. The molecule has 1 rings (SSSR count). The predicted octanol–water partition coefficient (Wildman–Crippen LogP) is 0.776. The Morgan fingerprint density at radius 1 is 1.38 bits per heavy atom. The summed E-state index contributed by atoms with van der Waals surface area (Å²) in [7, 11) is 0. The molecule has 0 amide bonds. The van der Waals surface area contributed by atoms with Crippen LogP contribution in [0, 0.1) is 0 Å². The summed E-state index contributed by atoms with van der Waals surface area (Å²) in [4.78, 5) is 31.2. The van der Waals surface area contributed by atoms with E-state index in [2.05, 4.69) is 4.74 Å². The average molecular weight is 224 g/mol. The highest BCUT2D eigenvalue weighted by Gasteiger charge is 2.04. The number of aliphatic carboxylic acids is 1. The van der Waals surface area contributed by atoms with Crippen LogP contribution in [-0.2, 0) is 20.9 Å². The lowest BCUT2D eigenvalue weighted by molar-refractivity contribution is -0.140. The number of carboxylic acids is 1. The van der Waals surface area contributed by atoms with E-state index in [0.717, 1.165) is 6.08 Å². The summed E-state index contributed by atoms with van der Waals surface area (Å²) < 4.78 is 9.56. The fraction of sp³-hybridized carbons (Fsp3) is 0.100. The maximum atomic E-state index is 10.9. The molecule has 0 saturated carbocycles. The fourth-order valence-corrected chi connectivity index (χ4v) is 0.865. The highest BCUT2D eigenvalue weighted by molar-refractivity contribution is 5.90. The van der Waals surface area contributed by atoms with E-state index in [-0.39, 0.29) is 12.4 Å². The van der Waals surface area contributed by atoms with Gasteiger partial charge in [0, 0.05) is 12.2 Å². The summed E-state index contributed by atoms with van der Waals surface area (Å²) in [5, 5.41) is 8.23.